The quantitative estimate of drug-likeness (QED) is 0.244. The molecule has 0 bridgehead atoms. The number of amides is 1. The van der Waals surface area contributed by atoms with Crippen molar-refractivity contribution in [3.05, 3.63) is 82.4 Å². The number of piperazine rings is 1. The van der Waals surface area contributed by atoms with Gasteiger partial charge in [0.25, 0.3) is 0 Å². The van der Waals surface area contributed by atoms with Crippen molar-refractivity contribution in [3.8, 4) is 6.01 Å². The van der Waals surface area contributed by atoms with E-state index in [1.165, 1.54) is 6.42 Å². The summed E-state index contributed by atoms with van der Waals surface area (Å²) in [5.74, 6) is -0.0318. The Morgan fingerprint density at radius 1 is 1.10 bits per heavy atom. The maximum absolute atomic E-state index is 13.4. The number of benzene rings is 2. The van der Waals surface area contributed by atoms with E-state index in [0.29, 0.717) is 56.4 Å². The zero-order chi connectivity index (χ0) is 33.7. The predicted molar refractivity (Wildman–Crippen MR) is 191 cm³/mol. The fourth-order valence-corrected chi connectivity index (χ4v) is 8.01. The van der Waals surface area contributed by atoms with Gasteiger partial charge in [0.15, 0.2) is 0 Å². The molecule has 0 radical (unpaired) electrons. The van der Waals surface area contributed by atoms with Crippen LogP contribution in [0.3, 0.4) is 0 Å². The lowest BCUT2D eigenvalue weighted by Gasteiger charge is -2.46. The normalized spacial score (nSPS) is 24.0. The van der Waals surface area contributed by atoms with Crippen LogP contribution in [0.25, 0.3) is 15.6 Å². The monoisotopic (exact) mass is 684 g/mol. The summed E-state index contributed by atoms with van der Waals surface area (Å²) in [4.78, 5) is 38.2. The van der Waals surface area contributed by atoms with Crippen LogP contribution in [0.2, 0.25) is 5.02 Å². The van der Waals surface area contributed by atoms with Gasteiger partial charge < -0.3 is 29.0 Å². The Bertz CT molecular complexity index is 1700. The minimum absolute atomic E-state index is 0.0318. The van der Waals surface area contributed by atoms with Gasteiger partial charge in [0, 0.05) is 80.8 Å². The Balaban J connectivity index is 1.14. The van der Waals surface area contributed by atoms with E-state index >= 15 is 0 Å². The van der Waals surface area contributed by atoms with Crippen LogP contribution in [0.4, 0.5) is 5.69 Å². The number of morpholine rings is 1. The molecule has 3 atom stereocenters. The molecule has 0 aliphatic carbocycles. The Morgan fingerprint density at radius 3 is 2.73 bits per heavy atom. The van der Waals surface area contributed by atoms with Gasteiger partial charge in [-0.3, -0.25) is 14.6 Å². The Kier molecular flexibility index (Phi) is 10.6. The summed E-state index contributed by atoms with van der Waals surface area (Å²) in [6, 6.07) is 12.8. The largest absolute Gasteiger partial charge is 0.462 e. The molecule has 3 saturated heterocycles. The van der Waals surface area contributed by atoms with Gasteiger partial charge in [0.2, 0.25) is 12.5 Å². The van der Waals surface area contributed by atoms with Crippen LogP contribution in [0.5, 0.6) is 6.01 Å². The van der Waals surface area contributed by atoms with Crippen molar-refractivity contribution in [1.82, 2.24) is 29.6 Å². The smallest absolute Gasteiger partial charge is 0.316 e. The molecule has 0 N–H and O–H groups in total. The van der Waals surface area contributed by atoms with Gasteiger partial charge in [-0.05, 0) is 44.0 Å². The van der Waals surface area contributed by atoms with E-state index in [4.69, 9.17) is 37.6 Å². The molecule has 4 aliphatic rings. The third kappa shape index (κ3) is 7.54. The summed E-state index contributed by atoms with van der Waals surface area (Å²) >= 11 is 6.82. The van der Waals surface area contributed by atoms with Crippen molar-refractivity contribution >= 4 is 34.0 Å². The summed E-state index contributed by atoms with van der Waals surface area (Å²) in [5.41, 5.74) is 3.06. The van der Waals surface area contributed by atoms with E-state index < -0.39 is 0 Å². The maximum Gasteiger partial charge on any atom is 0.316 e. The summed E-state index contributed by atoms with van der Waals surface area (Å²) in [6.45, 7) is 16.6. The minimum Gasteiger partial charge on any atom is -0.462 e. The highest BCUT2D eigenvalue weighted by Gasteiger charge is 2.39. The summed E-state index contributed by atoms with van der Waals surface area (Å²) in [6.07, 6.45) is 7.86. The fourth-order valence-electron chi connectivity index (χ4n) is 7.73. The molecule has 7 rings (SSSR count). The van der Waals surface area contributed by atoms with Gasteiger partial charge >= 0.3 is 6.01 Å². The van der Waals surface area contributed by atoms with E-state index in [-0.39, 0.29) is 24.5 Å². The van der Waals surface area contributed by atoms with Crippen molar-refractivity contribution in [2.75, 3.05) is 90.7 Å². The highest BCUT2D eigenvalue weighted by molar-refractivity contribution is 6.36. The molecule has 1 amide bonds. The van der Waals surface area contributed by atoms with E-state index in [1.54, 1.807) is 6.08 Å². The van der Waals surface area contributed by atoms with Gasteiger partial charge in [-0.1, -0.05) is 41.9 Å². The number of hydrogen-bond acceptors (Lipinski definition) is 9. The highest BCUT2D eigenvalue weighted by atomic mass is 35.5. The molecule has 1 unspecified atom stereocenters. The number of likely N-dealkylation sites (tertiary alicyclic amines) is 1. The highest BCUT2D eigenvalue weighted by Crippen LogP contribution is 2.39. The number of fused-ring (bicyclic) bond motifs is 2. The van der Waals surface area contributed by atoms with Crippen molar-refractivity contribution < 1.29 is 14.3 Å². The molecule has 258 valence electrons. The zero-order valence-corrected chi connectivity index (χ0v) is 29.0. The molecular weight excluding hydrogens is 640 g/mol. The lowest BCUT2D eigenvalue weighted by Crippen LogP contribution is -2.58. The second kappa shape index (κ2) is 15.4. The first kappa shape index (κ1) is 33.7. The number of nitrogens with zero attached hydrogens (tertiary/aromatic N) is 8. The van der Waals surface area contributed by atoms with Gasteiger partial charge in [0.05, 0.1) is 36.5 Å². The molecule has 49 heavy (non-hydrogen) atoms. The topological polar surface area (TPSA) is 81.9 Å². The number of rotatable bonds is 9. The van der Waals surface area contributed by atoms with Crippen LogP contribution < -0.4 is 9.64 Å². The molecule has 4 aliphatic heterocycles. The predicted octanol–water partition coefficient (Wildman–Crippen LogP) is 4.14. The first-order valence-electron chi connectivity index (χ1n) is 17.4. The zero-order valence-electron chi connectivity index (χ0n) is 28.2. The van der Waals surface area contributed by atoms with E-state index in [9.17, 15) is 4.79 Å². The van der Waals surface area contributed by atoms with E-state index in [2.05, 4.69) is 55.8 Å². The van der Waals surface area contributed by atoms with Crippen LogP contribution >= 0.6 is 11.6 Å². The van der Waals surface area contributed by atoms with Crippen LogP contribution in [-0.4, -0.2) is 133 Å². The molecule has 0 saturated carbocycles. The van der Waals surface area contributed by atoms with Crippen LogP contribution in [0.15, 0.2) is 54.7 Å². The first-order chi connectivity index (χ1) is 24.0. The Morgan fingerprint density at radius 2 is 1.94 bits per heavy atom. The number of likely N-dealkylation sites (N-methyl/N-ethyl adjacent to an activating group) is 1. The molecule has 5 heterocycles. The molecule has 1 aromatic heterocycles. The molecule has 3 aromatic rings. The van der Waals surface area contributed by atoms with Crippen LogP contribution in [0.1, 0.15) is 30.1 Å². The lowest BCUT2D eigenvalue weighted by molar-refractivity contribution is -0.131. The molecule has 11 nitrogen and oxygen atoms in total. The van der Waals surface area contributed by atoms with Gasteiger partial charge in [-0.15, -0.1) is 0 Å². The summed E-state index contributed by atoms with van der Waals surface area (Å²) in [7, 11) is 2.14. The number of ether oxygens (including phenoxy) is 2. The maximum atomic E-state index is 13.4. The van der Waals surface area contributed by atoms with Crippen molar-refractivity contribution in [1.29, 1.82) is 0 Å². The lowest BCUT2D eigenvalue weighted by atomic mass is 9.96. The molecule has 12 heteroatoms. The minimum atomic E-state index is -0.218. The standard InChI is InChI=1S/C37H45ClN8O3/c1-39-21-29-23-44(15-16-46(29)35(47)12-6-14-43-17-19-48-20-18-43)34-25-45(33-11-4-8-27-7-3-10-31(38)36(27)33)24-32-30(34)22-40-37(41-32)49-26-28-9-5-13-42(28)2/h3-4,6-8,10-12,22,28-29,34H,5,9,13-21,23-26H2,2H3/b12-6+/t28-,29-,34?/m0/s1. The number of hydrogen-bond donors (Lipinski definition) is 0. The van der Waals surface area contributed by atoms with Crippen molar-refractivity contribution in [3.63, 3.8) is 0 Å². The number of carbonyl (C=O) groups excluding carboxylic acids is 1. The number of carbonyl (C=O) groups is 1. The summed E-state index contributed by atoms with van der Waals surface area (Å²) < 4.78 is 11.6. The summed E-state index contributed by atoms with van der Waals surface area (Å²) in [5, 5.41) is 2.83. The van der Waals surface area contributed by atoms with Crippen molar-refractivity contribution in [2.45, 2.75) is 37.5 Å². The van der Waals surface area contributed by atoms with Crippen molar-refractivity contribution in [2.24, 2.45) is 0 Å². The fraction of sp³-hybridized carbons (Fsp3) is 0.514. The third-order valence-electron chi connectivity index (χ3n) is 10.5. The van der Waals surface area contributed by atoms with Crippen LogP contribution in [-0.2, 0) is 16.1 Å². The van der Waals surface area contributed by atoms with Gasteiger partial charge in [-0.2, -0.15) is 4.98 Å². The average Bonchev–Trinajstić information content (AvgIpc) is 3.54. The molecular formula is C37H45ClN8O3. The number of anilines is 1. The SMILES string of the molecule is [C-]#[N+]C[C@H]1CN(C2CN(c3cccc4cccc(Cl)c34)Cc3nc(OC[C@@H]4CCCN4C)ncc32)CCN1C(=O)/C=C/CN1CCOCC1. The molecule has 2 aromatic carbocycles. The van der Waals surface area contributed by atoms with E-state index in [1.807, 2.05) is 29.3 Å². The average molecular weight is 685 g/mol. The van der Waals surface area contributed by atoms with Gasteiger partial charge in [0.1, 0.15) is 12.6 Å². The number of halogens is 1. The number of aromatic nitrogens is 2. The second-order valence-electron chi connectivity index (χ2n) is 13.5. The second-order valence-corrected chi connectivity index (χ2v) is 13.9. The Hall–Kier alpha value is -3.79. The third-order valence-corrected chi connectivity index (χ3v) is 10.8. The Labute approximate surface area is 293 Å². The molecule has 0 spiro atoms. The van der Waals surface area contributed by atoms with Gasteiger partial charge in [-0.25, -0.2) is 11.6 Å². The van der Waals surface area contributed by atoms with Crippen LogP contribution in [0, 0.1) is 6.57 Å². The first-order valence-corrected chi connectivity index (χ1v) is 17.8. The van der Waals surface area contributed by atoms with E-state index in [0.717, 1.165) is 73.5 Å². The molecule has 3 fully saturated rings.